The Labute approximate surface area is 138 Å². The lowest BCUT2D eigenvalue weighted by Crippen LogP contribution is -2.06. The Morgan fingerprint density at radius 1 is 1.17 bits per heavy atom. The highest BCUT2D eigenvalue weighted by Gasteiger charge is 2.09. The van der Waals surface area contributed by atoms with Gasteiger partial charge in [-0.2, -0.15) is 0 Å². The number of para-hydroxylation sites is 1. The van der Waals surface area contributed by atoms with E-state index in [-0.39, 0.29) is 24.0 Å². The number of fused-ring (bicyclic) bond motifs is 1. The molecule has 1 N–H and O–H groups in total. The minimum atomic E-state index is -0.413. The predicted molar refractivity (Wildman–Crippen MR) is 87.8 cm³/mol. The second kappa shape index (κ2) is 6.84. The number of nitrogens with one attached hydrogen (secondary N) is 1. The van der Waals surface area contributed by atoms with E-state index in [1.54, 1.807) is 0 Å². The molecule has 0 spiro atoms. The van der Waals surface area contributed by atoms with Crippen molar-refractivity contribution in [3.63, 3.8) is 0 Å². The number of aryl methyl sites for hydroxylation is 1. The molecule has 118 valence electrons. The summed E-state index contributed by atoms with van der Waals surface area (Å²) in [5.74, 6) is -0.722. The fourth-order valence-corrected chi connectivity index (χ4v) is 2.67. The van der Waals surface area contributed by atoms with Crippen LogP contribution in [0.4, 0.5) is 4.39 Å². The molecule has 3 rings (SSSR count). The van der Waals surface area contributed by atoms with Gasteiger partial charge in [0.1, 0.15) is 12.4 Å². The van der Waals surface area contributed by atoms with Crippen LogP contribution >= 0.6 is 11.6 Å². The van der Waals surface area contributed by atoms with Crippen LogP contribution in [0.25, 0.3) is 10.9 Å². The lowest BCUT2D eigenvalue weighted by Gasteiger charge is -2.06. The van der Waals surface area contributed by atoms with E-state index < -0.39 is 5.82 Å². The van der Waals surface area contributed by atoms with E-state index >= 15 is 0 Å². The summed E-state index contributed by atoms with van der Waals surface area (Å²) in [6.45, 7) is 0.0475. The van der Waals surface area contributed by atoms with Crippen molar-refractivity contribution >= 4 is 28.5 Å². The zero-order valence-corrected chi connectivity index (χ0v) is 13.1. The molecule has 0 bridgehead atoms. The van der Waals surface area contributed by atoms with Gasteiger partial charge in [0, 0.05) is 29.1 Å². The first-order chi connectivity index (χ1) is 11.1. The number of ether oxygens (including phenoxy) is 1. The van der Waals surface area contributed by atoms with Crippen LogP contribution in [0, 0.1) is 5.82 Å². The van der Waals surface area contributed by atoms with Gasteiger partial charge in [-0.3, -0.25) is 4.79 Å². The summed E-state index contributed by atoms with van der Waals surface area (Å²) < 4.78 is 18.2. The monoisotopic (exact) mass is 331 g/mol. The number of rotatable bonds is 5. The highest BCUT2D eigenvalue weighted by atomic mass is 35.5. The third-order valence-corrected chi connectivity index (χ3v) is 4.03. The van der Waals surface area contributed by atoms with Crippen LogP contribution < -0.4 is 0 Å². The maximum absolute atomic E-state index is 13.0. The maximum atomic E-state index is 13.0. The molecular weight excluding hydrogens is 317 g/mol. The molecule has 3 aromatic rings. The third kappa shape index (κ3) is 3.71. The van der Waals surface area contributed by atoms with Crippen molar-refractivity contribution in [3.05, 3.63) is 70.6 Å². The zero-order valence-electron chi connectivity index (χ0n) is 12.3. The molecule has 3 nitrogen and oxygen atoms in total. The van der Waals surface area contributed by atoms with Crippen LogP contribution in [0.1, 0.15) is 17.5 Å². The average Bonchev–Trinajstić information content (AvgIpc) is 2.95. The van der Waals surface area contributed by atoms with Gasteiger partial charge < -0.3 is 9.72 Å². The molecule has 0 aliphatic rings. The molecule has 2 aromatic carbocycles. The molecule has 5 heteroatoms. The molecule has 1 heterocycles. The van der Waals surface area contributed by atoms with Crippen molar-refractivity contribution in [1.82, 2.24) is 4.98 Å². The lowest BCUT2D eigenvalue weighted by molar-refractivity contribution is -0.144. The second-order valence-electron chi connectivity index (χ2n) is 5.26. The van der Waals surface area contributed by atoms with Gasteiger partial charge in [-0.15, -0.1) is 0 Å². The van der Waals surface area contributed by atoms with Crippen molar-refractivity contribution < 1.29 is 13.9 Å². The van der Waals surface area contributed by atoms with Gasteiger partial charge in [0.15, 0.2) is 0 Å². The Balaban J connectivity index is 1.55. The fourth-order valence-electron chi connectivity index (χ4n) is 2.44. The first-order valence-corrected chi connectivity index (χ1v) is 7.66. The number of aromatic nitrogens is 1. The van der Waals surface area contributed by atoms with E-state index in [9.17, 15) is 9.18 Å². The van der Waals surface area contributed by atoms with Crippen LogP contribution in [-0.2, 0) is 22.6 Å². The average molecular weight is 332 g/mol. The smallest absolute Gasteiger partial charge is 0.306 e. The van der Waals surface area contributed by atoms with E-state index in [0.717, 1.165) is 16.5 Å². The number of hydrogen-bond acceptors (Lipinski definition) is 2. The number of hydrogen-bond donors (Lipinski definition) is 1. The summed E-state index contributed by atoms with van der Waals surface area (Å²) in [6, 6.07) is 12.0. The van der Waals surface area contributed by atoms with Crippen molar-refractivity contribution in [1.29, 1.82) is 0 Å². The van der Waals surface area contributed by atoms with Crippen molar-refractivity contribution in [2.24, 2.45) is 0 Å². The summed E-state index contributed by atoms with van der Waals surface area (Å²) in [5.41, 5.74) is 2.72. The highest BCUT2D eigenvalue weighted by Crippen LogP contribution is 2.20. The highest BCUT2D eigenvalue weighted by molar-refractivity contribution is 6.31. The number of benzene rings is 2. The minimum Gasteiger partial charge on any atom is -0.461 e. The van der Waals surface area contributed by atoms with Gasteiger partial charge in [0.25, 0.3) is 0 Å². The lowest BCUT2D eigenvalue weighted by atomic mass is 10.1. The number of H-pyrrole nitrogens is 1. The summed E-state index contributed by atoms with van der Waals surface area (Å²) in [6.07, 6.45) is 2.79. The predicted octanol–water partition coefficient (Wildman–Crippen LogP) is 4.64. The van der Waals surface area contributed by atoms with Gasteiger partial charge >= 0.3 is 5.97 Å². The van der Waals surface area contributed by atoms with Crippen molar-refractivity contribution in [2.75, 3.05) is 0 Å². The van der Waals surface area contributed by atoms with Gasteiger partial charge in [-0.05, 0) is 30.2 Å². The molecule has 0 fully saturated rings. The molecule has 0 atom stereocenters. The number of carbonyl (C=O) groups excluding carboxylic acids is 1. The van der Waals surface area contributed by atoms with Crippen molar-refractivity contribution in [2.45, 2.75) is 19.4 Å². The summed E-state index contributed by atoms with van der Waals surface area (Å²) in [7, 11) is 0. The number of esters is 1. The van der Waals surface area contributed by atoms with E-state index in [2.05, 4.69) is 4.98 Å². The first kappa shape index (κ1) is 15.6. The second-order valence-corrected chi connectivity index (χ2v) is 5.66. The van der Waals surface area contributed by atoms with E-state index in [4.69, 9.17) is 16.3 Å². The molecular formula is C18H15ClFNO2. The SMILES string of the molecule is O=C(CCc1c[nH]c2ccccc12)OCc1ccc(F)cc1Cl. The Morgan fingerprint density at radius 3 is 2.83 bits per heavy atom. The Kier molecular flexibility index (Phi) is 4.63. The number of carbonyl (C=O) groups is 1. The van der Waals surface area contributed by atoms with Crippen molar-refractivity contribution in [3.8, 4) is 0 Å². The van der Waals surface area contributed by atoms with Gasteiger partial charge in [-0.1, -0.05) is 35.9 Å². The van der Waals surface area contributed by atoms with Gasteiger partial charge in [0.2, 0.25) is 0 Å². The van der Waals surface area contributed by atoms with Crippen LogP contribution in [0.3, 0.4) is 0 Å². The zero-order chi connectivity index (χ0) is 16.2. The standard InChI is InChI=1S/C18H15ClFNO2/c19-16-9-14(20)7-5-13(16)11-23-18(22)8-6-12-10-21-17-4-2-1-3-15(12)17/h1-5,7,9-10,21H,6,8,11H2. The Bertz CT molecular complexity index is 844. The van der Waals surface area contributed by atoms with Gasteiger partial charge in [-0.25, -0.2) is 4.39 Å². The molecule has 1 aromatic heterocycles. The maximum Gasteiger partial charge on any atom is 0.306 e. The normalized spacial score (nSPS) is 10.9. The Hall–Kier alpha value is -2.33. The molecule has 0 saturated carbocycles. The van der Waals surface area contributed by atoms with E-state index in [1.165, 1.54) is 18.2 Å². The summed E-state index contributed by atoms with van der Waals surface area (Å²) >= 11 is 5.90. The summed E-state index contributed by atoms with van der Waals surface area (Å²) in [5, 5.41) is 1.37. The molecule has 0 radical (unpaired) electrons. The molecule has 0 aliphatic heterocycles. The molecule has 0 unspecified atom stereocenters. The largest absolute Gasteiger partial charge is 0.461 e. The quantitative estimate of drug-likeness (QED) is 0.692. The molecule has 23 heavy (non-hydrogen) atoms. The third-order valence-electron chi connectivity index (χ3n) is 3.68. The molecule has 0 amide bonds. The number of halogens is 2. The van der Waals surface area contributed by atoms with Crippen LogP contribution in [0.2, 0.25) is 5.02 Å². The van der Waals surface area contributed by atoms with E-state index in [0.29, 0.717) is 12.0 Å². The molecule has 0 aliphatic carbocycles. The minimum absolute atomic E-state index is 0.0475. The first-order valence-electron chi connectivity index (χ1n) is 7.28. The van der Waals surface area contributed by atoms with Crippen LogP contribution in [0.5, 0.6) is 0 Å². The topological polar surface area (TPSA) is 42.1 Å². The van der Waals surface area contributed by atoms with Crippen LogP contribution in [0.15, 0.2) is 48.7 Å². The molecule has 0 saturated heterocycles. The summed E-state index contributed by atoms with van der Waals surface area (Å²) in [4.78, 5) is 15.1. The Morgan fingerprint density at radius 2 is 2.00 bits per heavy atom. The fraction of sp³-hybridized carbons (Fsp3) is 0.167. The van der Waals surface area contributed by atoms with Crippen LogP contribution in [-0.4, -0.2) is 11.0 Å². The number of aromatic amines is 1. The van der Waals surface area contributed by atoms with Gasteiger partial charge in [0.05, 0.1) is 5.02 Å². The van der Waals surface area contributed by atoms with E-state index in [1.807, 2.05) is 30.5 Å².